The maximum Gasteiger partial charge on any atom is 0.159 e. The van der Waals surface area contributed by atoms with E-state index >= 15 is 0 Å². The summed E-state index contributed by atoms with van der Waals surface area (Å²) in [6.07, 6.45) is 0. The highest BCUT2D eigenvalue weighted by Gasteiger charge is 2.23. The number of furan rings is 1. The van der Waals surface area contributed by atoms with Gasteiger partial charge in [-0.1, -0.05) is 115 Å². The summed E-state index contributed by atoms with van der Waals surface area (Å²) < 4.78 is 9.19. The Morgan fingerprint density at radius 3 is 1.93 bits per heavy atom. The summed E-state index contributed by atoms with van der Waals surface area (Å²) in [5.41, 5.74) is 7.42. The number of hydrogen-bond acceptors (Lipinski definition) is 3. The smallest absolute Gasteiger partial charge is 0.159 e. The molecule has 0 radical (unpaired) electrons. The molecule has 0 atom stereocenters. The van der Waals surface area contributed by atoms with Gasteiger partial charge in [0.15, 0.2) is 5.58 Å². The van der Waals surface area contributed by atoms with Crippen LogP contribution in [0.15, 0.2) is 156 Å². The molecule has 0 aliphatic heterocycles. The SMILES string of the molecule is c1ccc(-c2ccc(N(c3cc4sc5ccccc5c4c4ccccc34)c3cccc4c3oc3ccccc34)cc2)cc1. The Morgan fingerprint density at radius 1 is 0.442 bits per heavy atom. The van der Waals surface area contributed by atoms with Crippen molar-refractivity contribution in [3.05, 3.63) is 152 Å². The highest BCUT2D eigenvalue weighted by atomic mass is 32.1. The van der Waals surface area contributed by atoms with Crippen LogP contribution in [0.25, 0.3) is 64.0 Å². The van der Waals surface area contributed by atoms with Gasteiger partial charge in [0.25, 0.3) is 0 Å². The molecule has 0 saturated carbocycles. The zero-order chi connectivity index (χ0) is 28.3. The number of para-hydroxylation sites is 2. The summed E-state index contributed by atoms with van der Waals surface area (Å²) in [6.45, 7) is 0. The Morgan fingerprint density at radius 2 is 1.09 bits per heavy atom. The van der Waals surface area contributed by atoms with Gasteiger partial charge in [0.2, 0.25) is 0 Å². The van der Waals surface area contributed by atoms with E-state index in [0.717, 1.165) is 39.0 Å². The standard InChI is InChI=1S/C40H25NOS/c1-2-11-26(12-3-1)27-21-23-28(24-22-27)41(34-18-10-17-32-30-14-6-8-19-36(30)42-40(32)34)35-25-38-39(31-15-5-4-13-29(31)35)33-16-7-9-20-37(33)43-38/h1-25H. The second-order valence-electron chi connectivity index (χ2n) is 10.9. The van der Waals surface area contributed by atoms with E-state index in [1.807, 2.05) is 17.4 Å². The van der Waals surface area contributed by atoms with Gasteiger partial charge in [0.05, 0.1) is 11.4 Å². The van der Waals surface area contributed by atoms with Gasteiger partial charge in [-0.15, -0.1) is 11.3 Å². The van der Waals surface area contributed by atoms with Crippen LogP contribution in [-0.2, 0) is 0 Å². The van der Waals surface area contributed by atoms with Crippen LogP contribution in [0.3, 0.4) is 0 Å². The van der Waals surface area contributed by atoms with Crippen LogP contribution in [0.1, 0.15) is 0 Å². The second kappa shape index (κ2) is 9.59. The van der Waals surface area contributed by atoms with Crippen LogP contribution in [0, 0.1) is 0 Å². The third kappa shape index (κ3) is 3.79. The molecule has 0 aliphatic carbocycles. The van der Waals surface area contributed by atoms with Crippen molar-refractivity contribution in [1.82, 2.24) is 0 Å². The number of thiophene rings is 1. The molecule has 202 valence electrons. The summed E-state index contributed by atoms with van der Waals surface area (Å²) in [4.78, 5) is 2.38. The van der Waals surface area contributed by atoms with Gasteiger partial charge < -0.3 is 9.32 Å². The highest BCUT2D eigenvalue weighted by Crippen LogP contribution is 2.48. The average molecular weight is 568 g/mol. The third-order valence-electron chi connectivity index (χ3n) is 8.46. The molecule has 0 spiro atoms. The summed E-state index contributed by atoms with van der Waals surface area (Å²) in [6, 6.07) is 54.2. The molecule has 2 heterocycles. The molecule has 0 unspecified atom stereocenters. The molecular weight excluding hydrogens is 543 g/mol. The third-order valence-corrected chi connectivity index (χ3v) is 9.58. The number of anilines is 3. The number of benzene rings is 7. The minimum atomic E-state index is 0.886. The first kappa shape index (κ1) is 24.2. The highest BCUT2D eigenvalue weighted by molar-refractivity contribution is 7.26. The quantitative estimate of drug-likeness (QED) is 0.210. The number of fused-ring (bicyclic) bond motifs is 8. The molecule has 0 N–H and O–H groups in total. The van der Waals surface area contributed by atoms with Crippen LogP contribution in [0.5, 0.6) is 0 Å². The second-order valence-corrected chi connectivity index (χ2v) is 12.0. The Kier molecular flexibility index (Phi) is 5.40. The molecule has 7 aromatic carbocycles. The first-order valence-corrected chi connectivity index (χ1v) is 15.3. The molecule has 0 amide bonds. The van der Waals surface area contributed by atoms with E-state index in [9.17, 15) is 0 Å². The van der Waals surface area contributed by atoms with Gasteiger partial charge in [-0.2, -0.15) is 0 Å². The Hall–Kier alpha value is -5.38. The lowest BCUT2D eigenvalue weighted by molar-refractivity contribution is 0.669. The average Bonchev–Trinajstić information content (AvgIpc) is 3.65. The Balaban J connectivity index is 1.36. The lowest BCUT2D eigenvalue weighted by Gasteiger charge is -2.27. The molecule has 3 heteroatoms. The fourth-order valence-corrected chi connectivity index (χ4v) is 7.66. The van der Waals surface area contributed by atoms with Crippen molar-refractivity contribution in [3.8, 4) is 11.1 Å². The molecule has 9 aromatic rings. The van der Waals surface area contributed by atoms with Crippen LogP contribution < -0.4 is 4.90 Å². The van der Waals surface area contributed by atoms with Crippen molar-refractivity contribution in [2.24, 2.45) is 0 Å². The largest absolute Gasteiger partial charge is 0.454 e. The van der Waals surface area contributed by atoms with Crippen molar-refractivity contribution in [2.75, 3.05) is 4.90 Å². The normalized spacial score (nSPS) is 11.7. The maximum atomic E-state index is 6.61. The van der Waals surface area contributed by atoms with Crippen molar-refractivity contribution in [1.29, 1.82) is 0 Å². The van der Waals surface area contributed by atoms with Gasteiger partial charge >= 0.3 is 0 Å². The van der Waals surface area contributed by atoms with Gasteiger partial charge in [-0.3, -0.25) is 0 Å². The predicted octanol–water partition coefficient (Wildman–Crippen LogP) is 12.2. The summed E-state index contributed by atoms with van der Waals surface area (Å²) in [5.74, 6) is 0. The molecule has 2 nitrogen and oxygen atoms in total. The van der Waals surface area contributed by atoms with E-state index in [2.05, 4.69) is 150 Å². The monoisotopic (exact) mass is 567 g/mol. The van der Waals surface area contributed by atoms with Crippen LogP contribution in [0.2, 0.25) is 0 Å². The van der Waals surface area contributed by atoms with Crippen molar-refractivity contribution < 1.29 is 4.42 Å². The molecule has 0 aliphatic rings. The summed E-state index contributed by atoms with van der Waals surface area (Å²) in [5, 5.41) is 7.34. The molecule has 0 bridgehead atoms. The lowest BCUT2D eigenvalue weighted by Crippen LogP contribution is -2.11. The minimum Gasteiger partial charge on any atom is -0.454 e. The molecule has 0 fully saturated rings. The van der Waals surface area contributed by atoms with Gasteiger partial charge in [-0.05, 0) is 52.9 Å². The molecule has 9 rings (SSSR count). The fraction of sp³-hybridized carbons (Fsp3) is 0. The topological polar surface area (TPSA) is 16.4 Å². The van der Waals surface area contributed by atoms with Crippen LogP contribution >= 0.6 is 11.3 Å². The zero-order valence-corrected chi connectivity index (χ0v) is 24.0. The minimum absolute atomic E-state index is 0.886. The molecular formula is C40H25NOS. The van der Waals surface area contributed by atoms with Crippen molar-refractivity contribution >= 4 is 81.3 Å². The molecule has 2 aromatic heterocycles. The van der Waals surface area contributed by atoms with Gasteiger partial charge in [-0.25, -0.2) is 0 Å². The number of nitrogens with zero attached hydrogens (tertiary/aromatic N) is 1. The Labute approximate surface area is 252 Å². The lowest BCUT2D eigenvalue weighted by atomic mass is 10.00. The number of rotatable bonds is 4. The fourth-order valence-electron chi connectivity index (χ4n) is 6.51. The van der Waals surface area contributed by atoms with E-state index in [-0.39, 0.29) is 0 Å². The summed E-state index contributed by atoms with van der Waals surface area (Å²) >= 11 is 1.86. The maximum absolute atomic E-state index is 6.61. The van der Waals surface area contributed by atoms with E-state index in [1.54, 1.807) is 0 Å². The van der Waals surface area contributed by atoms with Gasteiger partial charge in [0.1, 0.15) is 5.58 Å². The Bertz CT molecular complexity index is 2450. The summed E-state index contributed by atoms with van der Waals surface area (Å²) in [7, 11) is 0. The van der Waals surface area contributed by atoms with E-state index in [1.165, 1.54) is 42.1 Å². The van der Waals surface area contributed by atoms with E-state index in [4.69, 9.17) is 4.42 Å². The molecule has 0 saturated heterocycles. The first-order chi connectivity index (χ1) is 21.3. The van der Waals surface area contributed by atoms with E-state index in [0.29, 0.717) is 0 Å². The zero-order valence-electron chi connectivity index (χ0n) is 23.2. The van der Waals surface area contributed by atoms with Gasteiger partial charge in [0, 0.05) is 42.0 Å². The van der Waals surface area contributed by atoms with Crippen molar-refractivity contribution in [3.63, 3.8) is 0 Å². The van der Waals surface area contributed by atoms with Crippen LogP contribution in [-0.4, -0.2) is 0 Å². The van der Waals surface area contributed by atoms with E-state index < -0.39 is 0 Å². The number of hydrogen-bond donors (Lipinski definition) is 0. The predicted molar refractivity (Wildman–Crippen MR) is 184 cm³/mol. The molecule has 43 heavy (non-hydrogen) atoms. The van der Waals surface area contributed by atoms with Crippen LogP contribution in [0.4, 0.5) is 17.1 Å². The van der Waals surface area contributed by atoms with Crippen molar-refractivity contribution in [2.45, 2.75) is 0 Å². The first-order valence-electron chi connectivity index (χ1n) is 14.5.